The van der Waals surface area contributed by atoms with Gasteiger partial charge in [0.05, 0.1) is 0 Å². The minimum absolute atomic E-state index is 0.133. The summed E-state index contributed by atoms with van der Waals surface area (Å²) in [4.78, 5) is 10.4. The Balaban J connectivity index is 3.08. The number of carboxylic acids is 1. The van der Waals surface area contributed by atoms with Gasteiger partial charge in [-0.05, 0) is 12.1 Å². The maximum Gasteiger partial charge on any atom is 0.337 e. The Hall–Kier alpha value is -0.940. The number of aliphatic hydroxyl groups excluding tert-OH is 1. The van der Waals surface area contributed by atoms with Crippen molar-refractivity contribution < 1.29 is 19.4 Å². The summed E-state index contributed by atoms with van der Waals surface area (Å²) >= 11 is 2.95. The number of halogens is 2. The van der Waals surface area contributed by atoms with E-state index >= 15 is 0 Å². The maximum atomic E-state index is 12.6. The zero-order valence-corrected chi connectivity index (χ0v) is 7.95. The van der Waals surface area contributed by atoms with Crippen molar-refractivity contribution in [3.8, 4) is 0 Å². The Kier molecular flexibility index (Phi) is 3.00. The Bertz CT molecular complexity index is 340. The van der Waals surface area contributed by atoms with Gasteiger partial charge in [0.2, 0.25) is 0 Å². The van der Waals surface area contributed by atoms with Gasteiger partial charge >= 0.3 is 5.97 Å². The molecule has 70 valence electrons. The summed E-state index contributed by atoms with van der Waals surface area (Å²) < 4.78 is 12.8. The molecule has 0 spiro atoms. The van der Waals surface area contributed by atoms with E-state index in [0.29, 0.717) is 0 Å². The van der Waals surface area contributed by atoms with E-state index in [1.807, 2.05) is 0 Å². The zero-order chi connectivity index (χ0) is 10.0. The van der Waals surface area contributed by atoms with Crippen molar-refractivity contribution in [2.24, 2.45) is 0 Å². The minimum atomic E-state index is -1.63. The summed E-state index contributed by atoms with van der Waals surface area (Å²) in [5, 5.41) is 17.6. The Morgan fingerprint density at radius 3 is 2.62 bits per heavy atom. The van der Waals surface area contributed by atoms with Crippen molar-refractivity contribution in [2.45, 2.75) is 6.10 Å². The third-order valence-electron chi connectivity index (χ3n) is 1.49. The van der Waals surface area contributed by atoms with Crippen molar-refractivity contribution in [2.75, 3.05) is 0 Å². The predicted molar refractivity (Wildman–Crippen MR) is 46.7 cm³/mol. The lowest BCUT2D eigenvalue weighted by molar-refractivity contribution is -0.147. The fraction of sp³-hybridized carbons (Fsp3) is 0.125. The van der Waals surface area contributed by atoms with Crippen LogP contribution in [0.2, 0.25) is 0 Å². The summed E-state index contributed by atoms with van der Waals surface area (Å²) in [5.74, 6) is -1.86. The van der Waals surface area contributed by atoms with Crippen molar-refractivity contribution in [1.29, 1.82) is 0 Å². The molecule has 0 aliphatic carbocycles. The average Bonchev–Trinajstić information content (AvgIpc) is 2.03. The summed E-state index contributed by atoms with van der Waals surface area (Å²) in [7, 11) is 0. The van der Waals surface area contributed by atoms with Gasteiger partial charge in [-0.1, -0.05) is 22.0 Å². The van der Waals surface area contributed by atoms with Crippen LogP contribution in [0.3, 0.4) is 0 Å². The van der Waals surface area contributed by atoms with Gasteiger partial charge in [-0.2, -0.15) is 0 Å². The van der Waals surface area contributed by atoms with Gasteiger partial charge in [0.15, 0.2) is 6.10 Å². The number of aliphatic carboxylic acids is 1. The van der Waals surface area contributed by atoms with E-state index in [9.17, 15) is 9.18 Å². The first-order valence-electron chi connectivity index (χ1n) is 3.38. The monoisotopic (exact) mass is 248 g/mol. The molecule has 0 radical (unpaired) electrons. The van der Waals surface area contributed by atoms with Crippen LogP contribution in [0, 0.1) is 5.82 Å². The summed E-state index contributed by atoms with van der Waals surface area (Å²) in [6.07, 6.45) is -1.63. The van der Waals surface area contributed by atoms with Crippen molar-refractivity contribution >= 4 is 21.9 Å². The second-order valence-corrected chi connectivity index (χ2v) is 3.26. The normalized spacial score (nSPS) is 12.5. The molecule has 1 atom stereocenters. The van der Waals surface area contributed by atoms with Crippen LogP contribution in [0.1, 0.15) is 11.7 Å². The molecule has 0 aliphatic heterocycles. The van der Waals surface area contributed by atoms with Gasteiger partial charge in [0.25, 0.3) is 0 Å². The molecular weight excluding hydrogens is 243 g/mol. The lowest BCUT2D eigenvalue weighted by Crippen LogP contribution is -2.11. The molecule has 1 aromatic carbocycles. The number of aliphatic hydroxyl groups is 1. The smallest absolute Gasteiger partial charge is 0.337 e. The quantitative estimate of drug-likeness (QED) is 0.838. The molecular formula is C8H6BrFO3. The number of benzene rings is 1. The molecule has 0 fully saturated rings. The lowest BCUT2D eigenvalue weighted by atomic mass is 10.1. The molecule has 3 nitrogen and oxygen atoms in total. The molecule has 5 heteroatoms. The summed E-state index contributed by atoms with van der Waals surface area (Å²) in [5.41, 5.74) is 0.133. The predicted octanol–water partition coefficient (Wildman–Crippen LogP) is 1.71. The number of carbonyl (C=O) groups is 1. The van der Waals surface area contributed by atoms with E-state index < -0.39 is 17.9 Å². The lowest BCUT2D eigenvalue weighted by Gasteiger charge is -2.07. The highest BCUT2D eigenvalue weighted by Crippen LogP contribution is 2.24. The van der Waals surface area contributed by atoms with Gasteiger partial charge in [0, 0.05) is 10.0 Å². The van der Waals surface area contributed by atoms with E-state index in [4.69, 9.17) is 10.2 Å². The molecule has 2 N–H and O–H groups in total. The van der Waals surface area contributed by atoms with E-state index in [0.717, 1.165) is 12.1 Å². The van der Waals surface area contributed by atoms with Crippen molar-refractivity contribution in [3.63, 3.8) is 0 Å². The molecule has 0 amide bonds. The van der Waals surface area contributed by atoms with Gasteiger partial charge in [-0.15, -0.1) is 0 Å². The van der Waals surface area contributed by atoms with Crippen molar-refractivity contribution in [1.82, 2.24) is 0 Å². The van der Waals surface area contributed by atoms with E-state index in [1.165, 1.54) is 6.07 Å². The molecule has 13 heavy (non-hydrogen) atoms. The largest absolute Gasteiger partial charge is 0.479 e. The topological polar surface area (TPSA) is 57.5 Å². The molecule has 0 aliphatic rings. The third-order valence-corrected chi connectivity index (χ3v) is 2.18. The number of hydrogen-bond donors (Lipinski definition) is 2. The van der Waals surface area contributed by atoms with E-state index in [-0.39, 0.29) is 10.0 Å². The first-order valence-corrected chi connectivity index (χ1v) is 4.17. The van der Waals surface area contributed by atoms with Gasteiger partial charge in [-0.25, -0.2) is 9.18 Å². The molecule has 0 aromatic heterocycles. The van der Waals surface area contributed by atoms with Crippen LogP contribution in [0.4, 0.5) is 4.39 Å². The fourth-order valence-corrected chi connectivity index (χ4v) is 1.42. The third kappa shape index (κ3) is 2.26. The number of carboxylic acid groups (broad SMARTS) is 1. The van der Waals surface area contributed by atoms with Crippen LogP contribution >= 0.6 is 15.9 Å². The molecule has 1 rings (SSSR count). The summed E-state index contributed by atoms with van der Waals surface area (Å²) in [6, 6.07) is 3.41. The highest BCUT2D eigenvalue weighted by Gasteiger charge is 2.18. The molecule has 0 saturated carbocycles. The Morgan fingerprint density at radius 1 is 1.54 bits per heavy atom. The minimum Gasteiger partial charge on any atom is -0.479 e. The summed E-state index contributed by atoms with van der Waals surface area (Å²) in [6.45, 7) is 0. The van der Waals surface area contributed by atoms with Crippen LogP contribution in [-0.4, -0.2) is 16.2 Å². The molecule has 0 heterocycles. The van der Waals surface area contributed by atoms with Crippen LogP contribution in [0.5, 0.6) is 0 Å². The Labute approximate surface area is 81.9 Å². The second kappa shape index (κ2) is 3.85. The van der Waals surface area contributed by atoms with Crippen molar-refractivity contribution in [3.05, 3.63) is 34.1 Å². The van der Waals surface area contributed by atoms with Crippen LogP contribution in [0.15, 0.2) is 22.7 Å². The molecule has 0 saturated heterocycles. The van der Waals surface area contributed by atoms with E-state index in [1.54, 1.807) is 0 Å². The number of hydrogen-bond acceptors (Lipinski definition) is 2. The first kappa shape index (κ1) is 10.1. The highest BCUT2D eigenvalue weighted by molar-refractivity contribution is 9.10. The number of rotatable bonds is 2. The standard InChI is InChI=1S/C8H6BrFO3/c9-6-3-4(10)1-2-5(6)7(11)8(12)13/h1-3,7,11H,(H,12,13)/t7-/m0/s1. The fourth-order valence-electron chi connectivity index (χ4n) is 0.856. The molecule has 0 bridgehead atoms. The van der Waals surface area contributed by atoms with Gasteiger partial charge in [-0.3, -0.25) is 0 Å². The van der Waals surface area contributed by atoms with Gasteiger partial charge < -0.3 is 10.2 Å². The van der Waals surface area contributed by atoms with Gasteiger partial charge in [0.1, 0.15) is 5.82 Å². The first-order chi connectivity index (χ1) is 6.02. The SMILES string of the molecule is O=C(O)[C@@H](O)c1ccc(F)cc1Br. The highest BCUT2D eigenvalue weighted by atomic mass is 79.9. The molecule has 0 unspecified atom stereocenters. The average molecular weight is 249 g/mol. The molecule has 1 aromatic rings. The Morgan fingerprint density at radius 2 is 2.15 bits per heavy atom. The van der Waals surface area contributed by atoms with E-state index in [2.05, 4.69) is 15.9 Å². The maximum absolute atomic E-state index is 12.6. The van der Waals surface area contributed by atoms with Crippen LogP contribution in [0.25, 0.3) is 0 Å². The zero-order valence-electron chi connectivity index (χ0n) is 6.37. The second-order valence-electron chi connectivity index (χ2n) is 2.41. The van der Waals surface area contributed by atoms with Crippen LogP contribution < -0.4 is 0 Å². The van der Waals surface area contributed by atoms with Crippen LogP contribution in [-0.2, 0) is 4.79 Å².